The van der Waals surface area contributed by atoms with E-state index in [1.165, 1.54) is 0 Å². The van der Waals surface area contributed by atoms with Gasteiger partial charge in [0.2, 0.25) is 0 Å². The molecule has 0 spiro atoms. The van der Waals surface area contributed by atoms with E-state index in [1.54, 1.807) is 0 Å². The SMILES string of the molecule is O=C(O)C1CCC(F)C1. The maximum Gasteiger partial charge on any atom is 0.306 e. The van der Waals surface area contributed by atoms with Crippen LogP contribution in [-0.4, -0.2) is 17.2 Å². The van der Waals surface area contributed by atoms with E-state index in [1.807, 2.05) is 0 Å². The molecule has 1 fully saturated rings. The normalized spacial score (nSPS) is 34.8. The second-order valence-electron chi connectivity index (χ2n) is 2.45. The Labute approximate surface area is 52.7 Å². The van der Waals surface area contributed by atoms with Gasteiger partial charge in [-0.25, -0.2) is 4.39 Å². The molecule has 2 nitrogen and oxygen atoms in total. The Kier molecular flexibility index (Phi) is 1.69. The molecule has 0 aromatic heterocycles. The summed E-state index contributed by atoms with van der Waals surface area (Å²) in [4.78, 5) is 10.2. The van der Waals surface area contributed by atoms with Gasteiger partial charge in [0, 0.05) is 0 Å². The Hall–Kier alpha value is -0.600. The van der Waals surface area contributed by atoms with Crippen molar-refractivity contribution in [2.45, 2.75) is 25.4 Å². The monoisotopic (exact) mass is 132 g/mol. The van der Waals surface area contributed by atoms with Crippen molar-refractivity contribution in [3.05, 3.63) is 0 Å². The first kappa shape index (κ1) is 6.52. The smallest absolute Gasteiger partial charge is 0.306 e. The van der Waals surface area contributed by atoms with Crippen LogP contribution in [0.5, 0.6) is 0 Å². The highest BCUT2D eigenvalue weighted by Gasteiger charge is 2.29. The molecule has 0 heterocycles. The topological polar surface area (TPSA) is 37.3 Å². The molecule has 0 saturated heterocycles. The minimum Gasteiger partial charge on any atom is -0.481 e. The van der Waals surface area contributed by atoms with Crippen LogP contribution in [0.3, 0.4) is 0 Å². The first-order chi connectivity index (χ1) is 4.20. The number of alkyl halides is 1. The fraction of sp³-hybridized carbons (Fsp3) is 0.833. The number of carboxylic acid groups (broad SMARTS) is 1. The third-order valence-corrected chi connectivity index (χ3v) is 1.72. The zero-order chi connectivity index (χ0) is 6.85. The van der Waals surface area contributed by atoms with Gasteiger partial charge in [-0.15, -0.1) is 0 Å². The Morgan fingerprint density at radius 1 is 1.56 bits per heavy atom. The molecule has 0 aromatic carbocycles. The lowest BCUT2D eigenvalue weighted by Gasteiger charge is -1.98. The number of halogens is 1. The second kappa shape index (κ2) is 2.33. The van der Waals surface area contributed by atoms with Crippen molar-refractivity contribution in [3.8, 4) is 0 Å². The van der Waals surface area contributed by atoms with Crippen molar-refractivity contribution < 1.29 is 14.3 Å². The number of hydrogen-bond acceptors (Lipinski definition) is 1. The second-order valence-corrected chi connectivity index (χ2v) is 2.45. The summed E-state index contributed by atoms with van der Waals surface area (Å²) in [6, 6.07) is 0. The number of hydrogen-bond donors (Lipinski definition) is 1. The maximum atomic E-state index is 12.3. The molecule has 3 heteroatoms. The lowest BCUT2D eigenvalue weighted by molar-refractivity contribution is -0.141. The third kappa shape index (κ3) is 1.40. The van der Waals surface area contributed by atoms with E-state index in [0.717, 1.165) is 0 Å². The van der Waals surface area contributed by atoms with Crippen molar-refractivity contribution in [3.63, 3.8) is 0 Å². The molecule has 0 bridgehead atoms. The van der Waals surface area contributed by atoms with Crippen LogP contribution < -0.4 is 0 Å². The van der Waals surface area contributed by atoms with Crippen LogP contribution in [0, 0.1) is 5.92 Å². The van der Waals surface area contributed by atoms with Crippen molar-refractivity contribution in [1.29, 1.82) is 0 Å². The molecule has 0 aliphatic heterocycles. The highest BCUT2D eigenvalue weighted by atomic mass is 19.1. The predicted octanol–water partition coefficient (Wildman–Crippen LogP) is 1.21. The molecular weight excluding hydrogens is 123 g/mol. The first-order valence-corrected chi connectivity index (χ1v) is 3.07. The summed E-state index contributed by atoms with van der Waals surface area (Å²) < 4.78 is 12.3. The molecule has 2 atom stereocenters. The average Bonchev–Trinajstić information content (AvgIpc) is 2.14. The van der Waals surface area contributed by atoms with E-state index >= 15 is 0 Å². The Bertz CT molecular complexity index is 124. The van der Waals surface area contributed by atoms with E-state index in [9.17, 15) is 9.18 Å². The van der Waals surface area contributed by atoms with Gasteiger partial charge in [0.25, 0.3) is 0 Å². The molecule has 52 valence electrons. The molecule has 2 unspecified atom stereocenters. The summed E-state index contributed by atoms with van der Waals surface area (Å²) in [5.74, 6) is -1.27. The maximum absolute atomic E-state index is 12.3. The van der Waals surface area contributed by atoms with Crippen LogP contribution in [-0.2, 0) is 4.79 Å². The molecule has 0 amide bonds. The number of carboxylic acids is 1. The quantitative estimate of drug-likeness (QED) is 0.582. The highest BCUT2D eigenvalue weighted by molar-refractivity contribution is 5.70. The van der Waals surface area contributed by atoms with Crippen molar-refractivity contribution in [1.82, 2.24) is 0 Å². The van der Waals surface area contributed by atoms with Gasteiger partial charge in [0.05, 0.1) is 5.92 Å². The van der Waals surface area contributed by atoms with Gasteiger partial charge in [-0.2, -0.15) is 0 Å². The summed E-state index contributed by atoms with van der Waals surface area (Å²) in [6.45, 7) is 0. The lowest BCUT2D eigenvalue weighted by Crippen LogP contribution is -2.09. The summed E-state index contributed by atoms with van der Waals surface area (Å²) >= 11 is 0. The summed E-state index contributed by atoms with van der Waals surface area (Å²) in [5, 5.41) is 8.36. The lowest BCUT2D eigenvalue weighted by atomic mass is 10.1. The number of aliphatic carboxylic acids is 1. The van der Waals surface area contributed by atoms with Crippen LogP contribution in [0.15, 0.2) is 0 Å². The molecule has 9 heavy (non-hydrogen) atoms. The summed E-state index contributed by atoms with van der Waals surface area (Å²) in [7, 11) is 0. The Morgan fingerprint density at radius 3 is 2.44 bits per heavy atom. The molecule has 1 saturated carbocycles. The van der Waals surface area contributed by atoms with Gasteiger partial charge in [-0.05, 0) is 19.3 Å². The van der Waals surface area contributed by atoms with E-state index in [0.29, 0.717) is 12.8 Å². The molecule has 0 radical (unpaired) electrons. The van der Waals surface area contributed by atoms with Crippen LogP contribution in [0.2, 0.25) is 0 Å². The van der Waals surface area contributed by atoms with Crippen molar-refractivity contribution in [2.75, 3.05) is 0 Å². The van der Waals surface area contributed by atoms with E-state index in [4.69, 9.17) is 5.11 Å². The van der Waals surface area contributed by atoms with Crippen molar-refractivity contribution >= 4 is 5.97 Å². The zero-order valence-electron chi connectivity index (χ0n) is 5.01. The van der Waals surface area contributed by atoms with E-state index in [2.05, 4.69) is 0 Å². The minimum atomic E-state index is -0.869. The summed E-state index contributed by atoms with van der Waals surface area (Å²) in [5.41, 5.74) is 0. The molecule has 0 aromatic rings. The van der Waals surface area contributed by atoms with Gasteiger partial charge in [0.15, 0.2) is 0 Å². The van der Waals surface area contributed by atoms with Crippen LogP contribution >= 0.6 is 0 Å². The fourth-order valence-corrected chi connectivity index (χ4v) is 1.15. The van der Waals surface area contributed by atoms with Crippen LogP contribution in [0.4, 0.5) is 4.39 Å². The average molecular weight is 132 g/mol. The van der Waals surface area contributed by atoms with E-state index in [-0.39, 0.29) is 6.42 Å². The standard InChI is InChI=1S/C6H9FO2/c7-5-2-1-4(3-5)6(8)9/h4-5H,1-3H2,(H,8,9). The molecule has 1 N–H and O–H groups in total. The van der Waals surface area contributed by atoms with Gasteiger partial charge in [-0.1, -0.05) is 0 Å². The van der Waals surface area contributed by atoms with Crippen LogP contribution in [0.1, 0.15) is 19.3 Å². The fourth-order valence-electron chi connectivity index (χ4n) is 1.15. The molecular formula is C6H9FO2. The van der Waals surface area contributed by atoms with Gasteiger partial charge >= 0.3 is 5.97 Å². The van der Waals surface area contributed by atoms with E-state index < -0.39 is 18.1 Å². The predicted molar refractivity (Wildman–Crippen MR) is 29.9 cm³/mol. The Balaban J connectivity index is 2.39. The zero-order valence-corrected chi connectivity index (χ0v) is 5.01. The van der Waals surface area contributed by atoms with Gasteiger partial charge in [0.1, 0.15) is 6.17 Å². The van der Waals surface area contributed by atoms with Crippen LogP contribution in [0.25, 0.3) is 0 Å². The molecule has 1 aliphatic rings. The number of rotatable bonds is 1. The summed E-state index contributed by atoms with van der Waals surface area (Å²) in [6.07, 6.45) is 0.286. The number of carbonyl (C=O) groups is 1. The van der Waals surface area contributed by atoms with Gasteiger partial charge in [-0.3, -0.25) is 4.79 Å². The molecule has 1 aliphatic carbocycles. The minimum absolute atomic E-state index is 0.218. The molecule has 1 rings (SSSR count). The first-order valence-electron chi connectivity index (χ1n) is 3.07. The van der Waals surface area contributed by atoms with Gasteiger partial charge < -0.3 is 5.11 Å². The Morgan fingerprint density at radius 2 is 2.22 bits per heavy atom. The highest BCUT2D eigenvalue weighted by Crippen LogP contribution is 2.27. The third-order valence-electron chi connectivity index (χ3n) is 1.72. The van der Waals surface area contributed by atoms with Crippen molar-refractivity contribution in [2.24, 2.45) is 5.92 Å². The largest absolute Gasteiger partial charge is 0.481 e.